The number of aryl methyl sites for hydroxylation is 2. The number of nitrogens with one attached hydrogen (secondary N) is 1. The van der Waals surface area contributed by atoms with E-state index in [1.165, 1.54) is 4.90 Å². The summed E-state index contributed by atoms with van der Waals surface area (Å²) in [4.78, 5) is 28.3. The van der Waals surface area contributed by atoms with Gasteiger partial charge in [0.05, 0.1) is 11.9 Å². The third-order valence-electron chi connectivity index (χ3n) is 6.20. The van der Waals surface area contributed by atoms with Crippen LogP contribution in [-0.2, 0) is 26.2 Å². The molecule has 10 heteroatoms. The third kappa shape index (κ3) is 7.85. The highest BCUT2D eigenvalue weighted by molar-refractivity contribution is 7.92. The Morgan fingerprint density at radius 1 is 1.00 bits per heavy atom. The molecule has 7 nitrogen and oxygen atoms in total. The predicted molar refractivity (Wildman–Crippen MR) is 147 cm³/mol. The molecule has 0 heterocycles. The number of carbonyl (C=O) groups excluding carboxylic acids is 2. The van der Waals surface area contributed by atoms with Crippen LogP contribution in [0, 0.1) is 13.8 Å². The molecule has 0 saturated carbocycles. The molecule has 2 rings (SSSR count). The van der Waals surface area contributed by atoms with Crippen LogP contribution in [0.25, 0.3) is 0 Å². The quantitative estimate of drug-likeness (QED) is 0.418. The number of carbonyl (C=O) groups is 2. The van der Waals surface area contributed by atoms with Crippen LogP contribution < -0.4 is 9.62 Å². The average Bonchev–Trinajstić information content (AvgIpc) is 2.79. The molecule has 0 spiro atoms. The van der Waals surface area contributed by atoms with E-state index in [1.54, 1.807) is 30.3 Å². The Morgan fingerprint density at radius 2 is 1.67 bits per heavy atom. The van der Waals surface area contributed by atoms with Gasteiger partial charge in [-0.05, 0) is 74.6 Å². The van der Waals surface area contributed by atoms with E-state index < -0.39 is 28.5 Å². The van der Waals surface area contributed by atoms with Crippen molar-refractivity contribution in [2.75, 3.05) is 17.1 Å². The van der Waals surface area contributed by atoms with Gasteiger partial charge in [0.15, 0.2) is 0 Å². The number of anilines is 1. The van der Waals surface area contributed by atoms with Crippen LogP contribution in [0.5, 0.6) is 0 Å². The van der Waals surface area contributed by atoms with Gasteiger partial charge in [0.2, 0.25) is 21.8 Å². The van der Waals surface area contributed by atoms with Crippen molar-refractivity contribution in [3.05, 3.63) is 63.1 Å². The molecule has 2 unspecified atom stereocenters. The molecule has 36 heavy (non-hydrogen) atoms. The number of rotatable bonds is 11. The van der Waals surface area contributed by atoms with Gasteiger partial charge in [0.25, 0.3) is 0 Å². The SMILES string of the molecule is CCC(C)NC(=O)C(CC)N(Cc1ccc(Cl)cc1Cl)C(=O)CN(c1ccc(C)c(C)c1)S(C)(=O)=O. The highest BCUT2D eigenvalue weighted by Gasteiger charge is 2.32. The fourth-order valence-corrected chi connectivity index (χ4v) is 5.00. The van der Waals surface area contributed by atoms with Crippen molar-refractivity contribution in [1.82, 2.24) is 10.2 Å². The van der Waals surface area contributed by atoms with E-state index in [1.807, 2.05) is 40.7 Å². The molecule has 2 amide bonds. The Bertz CT molecular complexity index is 1200. The van der Waals surface area contributed by atoms with E-state index in [9.17, 15) is 18.0 Å². The Morgan fingerprint density at radius 3 is 2.19 bits per heavy atom. The zero-order chi connectivity index (χ0) is 27.2. The Labute approximate surface area is 224 Å². The van der Waals surface area contributed by atoms with Crippen LogP contribution in [0.4, 0.5) is 5.69 Å². The maximum atomic E-state index is 13.7. The zero-order valence-corrected chi connectivity index (χ0v) is 24.0. The second-order valence-electron chi connectivity index (χ2n) is 9.04. The van der Waals surface area contributed by atoms with Gasteiger partial charge in [0, 0.05) is 22.6 Å². The molecule has 2 atom stereocenters. The largest absolute Gasteiger partial charge is 0.352 e. The summed E-state index contributed by atoms with van der Waals surface area (Å²) in [5.41, 5.74) is 2.89. The lowest BCUT2D eigenvalue weighted by Gasteiger charge is -2.33. The summed E-state index contributed by atoms with van der Waals surface area (Å²) >= 11 is 12.4. The lowest BCUT2D eigenvalue weighted by atomic mass is 10.1. The van der Waals surface area contributed by atoms with Crippen LogP contribution in [0.3, 0.4) is 0 Å². The van der Waals surface area contributed by atoms with Gasteiger partial charge in [-0.25, -0.2) is 8.42 Å². The lowest BCUT2D eigenvalue weighted by Crippen LogP contribution is -2.53. The maximum Gasteiger partial charge on any atom is 0.244 e. The molecule has 0 aliphatic rings. The van der Waals surface area contributed by atoms with E-state index in [2.05, 4.69) is 5.32 Å². The first kappa shape index (κ1) is 29.9. The molecule has 2 aromatic rings. The molecule has 2 aromatic carbocycles. The van der Waals surface area contributed by atoms with Crippen LogP contribution in [0.2, 0.25) is 10.0 Å². The average molecular weight is 557 g/mol. The van der Waals surface area contributed by atoms with E-state index in [0.29, 0.717) is 27.7 Å². The molecule has 0 fully saturated rings. The monoisotopic (exact) mass is 555 g/mol. The number of amides is 2. The van der Waals surface area contributed by atoms with Gasteiger partial charge in [-0.1, -0.05) is 49.2 Å². The van der Waals surface area contributed by atoms with Crippen LogP contribution in [0.15, 0.2) is 36.4 Å². The standard InChI is InChI=1S/C26H35Cl2N3O4S/c1-7-19(5)29-26(33)24(8-2)30(15-20-10-11-21(27)14-23(20)28)25(32)16-31(36(6,34)35)22-12-9-17(3)18(4)13-22/h9-14,19,24H,7-8,15-16H2,1-6H3,(H,29,33). The lowest BCUT2D eigenvalue weighted by molar-refractivity contribution is -0.140. The van der Waals surface area contributed by atoms with Gasteiger partial charge >= 0.3 is 0 Å². The third-order valence-corrected chi connectivity index (χ3v) is 7.93. The minimum Gasteiger partial charge on any atom is -0.352 e. The Kier molecular flexibility index (Phi) is 10.6. The number of hydrogen-bond acceptors (Lipinski definition) is 4. The first-order valence-electron chi connectivity index (χ1n) is 11.9. The van der Waals surface area contributed by atoms with E-state index in [4.69, 9.17) is 23.2 Å². The van der Waals surface area contributed by atoms with Gasteiger partial charge in [0.1, 0.15) is 12.6 Å². The molecule has 0 aromatic heterocycles. The van der Waals surface area contributed by atoms with Crippen molar-refractivity contribution in [2.24, 2.45) is 0 Å². The first-order valence-corrected chi connectivity index (χ1v) is 14.5. The summed E-state index contributed by atoms with van der Waals surface area (Å²) in [7, 11) is -3.80. The molecule has 0 aliphatic carbocycles. The van der Waals surface area contributed by atoms with Gasteiger partial charge in [-0.2, -0.15) is 0 Å². The smallest absolute Gasteiger partial charge is 0.244 e. The van der Waals surface area contributed by atoms with E-state index >= 15 is 0 Å². The van der Waals surface area contributed by atoms with Crippen molar-refractivity contribution < 1.29 is 18.0 Å². The summed E-state index contributed by atoms with van der Waals surface area (Å²) in [6.45, 7) is 9.01. The first-order chi connectivity index (χ1) is 16.8. The van der Waals surface area contributed by atoms with Gasteiger partial charge in [-0.3, -0.25) is 13.9 Å². The molecule has 0 aliphatic heterocycles. The van der Waals surface area contributed by atoms with E-state index in [0.717, 1.165) is 28.1 Å². The van der Waals surface area contributed by atoms with Crippen LogP contribution in [-0.4, -0.2) is 50.0 Å². The van der Waals surface area contributed by atoms with Gasteiger partial charge < -0.3 is 10.2 Å². The molecular formula is C26H35Cl2N3O4S. The molecular weight excluding hydrogens is 521 g/mol. The summed E-state index contributed by atoms with van der Waals surface area (Å²) in [5, 5.41) is 3.73. The number of benzene rings is 2. The van der Waals surface area contributed by atoms with Crippen molar-refractivity contribution >= 4 is 50.7 Å². The highest BCUT2D eigenvalue weighted by Crippen LogP contribution is 2.25. The minimum atomic E-state index is -3.80. The topological polar surface area (TPSA) is 86.8 Å². The summed E-state index contributed by atoms with van der Waals surface area (Å²) in [6, 6.07) is 9.24. The number of nitrogens with zero attached hydrogens (tertiary/aromatic N) is 2. The number of sulfonamides is 1. The molecule has 0 bridgehead atoms. The maximum absolute atomic E-state index is 13.7. The summed E-state index contributed by atoms with van der Waals surface area (Å²) in [6.07, 6.45) is 2.12. The van der Waals surface area contributed by atoms with Gasteiger partial charge in [-0.15, -0.1) is 0 Å². The van der Waals surface area contributed by atoms with Crippen molar-refractivity contribution in [2.45, 2.75) is 66.1 Å². The fourth-order valence-electron chi connectivity index (χ4n) is 3.69. The predicted octanol–water partition coefficient (Wildman–Crippen LogP) is 5.10. The summed E-state index contributed by atoms with van der Waals surface area (Å²) < 4.78 is 26.5. The number of halogens is 2. The zero-order valence-electron chi connectivity index (χ0n) is 21.6. The van der Waals surface area contributed by atoms with E-state index in [-0.39, 0.29) is 18.5 Å². The van der Waals surface area contributed by atoms with Crippen molar-refractivity contribution in [3.8, 4) is 0 Å². The Hall–Kier alpha value is -2.29. The van der Waals surface area contributed by atoms with Crippen LogP contribution in [0.1, 0.15) is 50.3 Å². The number of hydrogen-bond donors (Lipinski definition) is 1. The molecule has 1 N–H and O–H groups in total. The normalized spacial score (nSPS) is 13.1. The highest BCUT2D eigenvalue weighted by atomic mass is 35.5. The second-order valence-corrected chi connectivity index (χ2v) is 11.8. The molecule has 0 saturated heterocycles. The van der Waals surface area contributed by atoms with Crippen molar-refractivity contribution in [1.29, 1.82) is 0 Å². The summed E-state index contributed by atoms with van der Waals surface area (Å²) in [5.74, 6) is -0.821. The molecule has 198 valence electrons. The Balaban J connectivity index is 2.50. The molecule has 0 radical (unpaired) electrons. The fraction of sp³-hybridized carbons (Fsp3) is 0.462. The second kappa shape index (κ2) is 12.8. The minimum absolute atomic E-state index is 0.0196. The van der Waals surface area contributed by atoms with Crippen LogP contribution >= 0.6 is 23.2 Å². The van der Waals surface area contributed by atoms with Crippen molar-refractivity contribution in [3.63, 3.8) is 0 Å².